The fourth-order valence-corrected chi connectivity index (χ4v) is 4.27. The number of nitrogens with zero attached hydrogens (tertiary/aromatic N) is 1. The van der Waals surface area contributed by atoms with Gasteiger partial charge in [0, 0.05) is 19.0 Å². The van der Waals surface area contributed by atoms with E-state index in [4.69, 9.17) is 14.2 Å². The minimum Gasteiger partial charge on any atom is -0.497 e. The molecule has 128 valence electrons. The Morgan fingerprint density at radius 2 is 1.84 bits per heavy atom. The number of piperidine rings is 1. The predicted octanol–water partition coefficient (Wildman–Crippen LogP) is 3.38. The van der Waals surface area contributed by atoms with Gasteiger partial charge in [-0.05, 0) is 47.4 Å². The lowest BCUT2D eigenvalue weighted by Gasteiger charge is -2.34. The smallest absolute Gasteiger partial charge is 0.231 e. The summed E-state index contributed by atoms with van der Waals surface area (Å²) in [6.45, 7) is 1.00. The van der Waals surface area contributed by atoms with Crippen molar-refractivity contribution in [3.05, 3.63) is 53.1 Å². The van der Waals surface area contributed by atoms with E-state index in [2.05, 4.69) is 23.1 Å². The summed E-state index contributed by atoms with van der Waals surface area (Å²) in [5.41, 5.74) is 3.48. The number of ketones is 1. The van der Waals surface area contributed by atoms with Crippen LogP contribution in [0.15, 0.2) is 36.4 Å². The van der Waals surface area contributed by atoms with Crippen LogP contribution in [-0.2, 0) is 11.3 Å². The number of carbonyl (C=O) groups is 1. The molecule has 5 heteroatoms. The summed E-state index contributed by atoms with van der Waals surface area (Å²) in [5, 5.41) is 0. The number of ether oxygens (including phenoxy) is 3. The van der Waals surface area contributed by atoms with E-state index in [1.54, 1.807) is 7.11 Å². The van der Waals surface area contributed by atoms with E-state index in [9.17, 15) is 4.79 Å². The molecule has 2 aromatic rings. The molecular formula is C20H19NO4. The minimum absolute atomic E-state index is 0.176. The van der Waals surface area contributed by atoms with Crippen molar-refractivity contribution in [2.75, 3.05) is 13.9 Å². The normalized spacial score (nSPS) is 23.6. The SMILES string of the molecule is COc1ccc(CN2C3CCC(=O)C2c2cc4c(cc23)OCO4)cc1. The summed E-state index contributed by atoms with van der Waals surface area (Å²) in [6.07, 6.45) is 1.49. The third-order valence-corrected chi connectivity index (χ3v) is 5.46. The van der Waals surface area contributed by atoms with E-state index < -0.39 is 0 Å². The number of fused-ring (bicyclic) bond motifs is 6. The Morgan fingerprint density at radius 1 is 1.12 bits per heavy atom. The topological polar surface area (TPSA) is 48.0 Å². The van der Waals surface area contributed by atoms with Crippen molar-refractivity contribution < 1.29 is 19.0 Å². The zero-order chi connectivity index (χ0) is 17.0. The van der Waals surface area contributed by atoms with Crippen molar-refractivity contribution in [3.63, 3.8) is 0 Å². The van der Waals surface area contributed by atoms with Crippen molar-refractivity contribution in [2.24, 2.45) is 0 Å². The van der Waals surface area contributed by atoms with Gasteiger partial charge in [-0.1, -0.05) is 12.1 Å². The molecule has 2 atom stereocenters. The van der Waals surface area contributed by atoms with E-state index in [0.717, 1.165) is 35.8 Å². The molecular weight excluding hydrogens is 318 g/mol. The average Bonchev–Trinajstić information content (AvgIpc) is 3.16. The highest BCUT2D eigenvalue weighted by Gasteiger charge is 2.46. The average molecular weight is 337 g/mol. The Morgan fingerprint density at radius 3 is 2.56 bits per heavy atom. The summed E-state index contributed by atoms with van der Waals surface area (Å²) in [7, 11) is 1.67. The van der Waals surface area contributed by atoms with Gasteiger partial charge in [0.05, 0.1) is 13.2 Å². The van der Waals surface area contributed by atoms with Gasteiger partial charge in [0.15, 0.2) is 17.3 Å². The molecule has 3 aliphatic heterocycles. The van der Waals surface area contributed by atoms with E-state index in [1.807, 2.05) is 18.2 Å². The number of carbonyl (C=O) groups excluding carboxylic acids is 1. The third kappa shape index (κ3) is 2.23. The molecule has 0 N–H and O–H groups in total. The Labute approximate surface area is 146 Å². The molecule has 0 saturated carbocycles. The first-order valence-corrected chi connectivity index (χ1v) is 8.59. The number of methoxy groups -OCH3 is 1. The Kier molecular flexibility index (Phi) is 3.25. The molecule has 25 heavy (non-hydrogen) atoms. The molecule has 2 bridgehead atoms. The zero-order valence-corrected chi connectivity index (χ0v) is 14.0. The van der Waals surface area contributed by atoms with Gasteiger partial charge in [-0.15, -0.1) is 0 Å². The maximum atomic E-state index is 12.7. The Balaban J connectivity index is 1.51. The van der Waals surface area contributed by atoms with Gasteiger partial charge >= 0.3 is 0 Å². The summed E-state index contributed by atoms with van der Waals surface area (Å²) >= 11 is 0. The lowest BCUT2D eigenvalue weighted by atomic mass is 9.98. The summed E-state index contributed by atoms with van der Waals surface area (Å²) in [5.74, 6) is 2.68. The fraction of sp³-hybridized carbons (Fsp3) is 0.350. The van der Waals surface area contributed by atoms with Gasteiger partial charge in [0.2, 0.25) is 6.79 Å². The molecule has 0 aromatic heterocycles. The van der Waals surface area contributed by atoms with E-state index in [0.29, 0.717) is 12.2 Å². The lowest BCUT2D eigenvalue weighted by molar-refractivity contribution is -0.128. The second-order valence-electron chi connectivity index (χ2n) is 6.78. The summed E-state index contributed by atoms with van der Waals surface area (Å²) in [4.78, 5) is 15.0. The van der Waals surface area contributed by atoms with Crippen molar-refractivity contribution in [2.45, 2.75) is 31.5 Å². The molecule has 1 saturated heterocycles. The van der Waals surface area contributed by atoms with Crippen molar-refractivity contribution in [1.82, 2.24) is 4.90 Å². The molecule has 2 aromatic carbocycles. The van der Waals surface area contributed by atoms with E-state index >= 15 is 0 Å². The number of Topliss-reactive ketones (excluding diaryl/α,β-unsaturated/α-hetero) is 1. The minimum atomic E-state index is -0.176. The number of rotatable bonds is 3. The zero-order valence-electron chi connectivity index (χ0n) is 14.0. The second-order valence-corrected chi connectivity index (χ2v) is 6.78. The Bertz CT molecular complexity index is 846. The van der Waals surface area contributed by atoms with E-state index in [-0.39, 0.29) is 18.9 Å². The summed E-state index contributed by atoms with van der Waals surface area (Å²) in [6, 6.07) is 12.2. The van der Waals surface area contributed by atoms with Crippen LogP contribution in [0.5, 0.6) is 17.2 Å². The van der Waals surface area contributed by atoms with Crippen LogP contribution in [0.1, 0.15) is 41.6 Å². The van der Waals surface area contributed by atoms with Crippen LogP contribution in [0.3, 0.4) is 0 Å². The highest BCUT2D eigenvalue weighted by Crippen LogP contribution is 2.53. The third-order valence-electron chi connectivity index (χ3n) is 5.46. The lowest BCUT2D eigenvalue weighted by Crippen LogP contribution is -2.35. The van der Waals surface area contributed by atoms with Crippen LogP contribution < -0.4 is 14.2 Å². The predicted molar refractivity (Wildman–Crippen MR) is 90.8 cm³/mol. The molecule has 2 unspecified atom stereocenters. The molecule has 3 heterocycles. The quantitative estimate of drug-likeness (QED) is 0.859. The largest absolute Gasteiger partial charge is 0.497 e. The number of benzene rings is 2. The van der Waals surface area contributed by atoms with Crippen LogP contribution in [0.2, 0.25) is 0 Å². The molecule has 0 aliphatic carbocycles. The van der Waals surface area contributed by atoms with Gasteiger partial charge in [-0.3, -0.25) is 9.69 Å². The van der Waals surface area contributed by atoms with Crippen LogP contribution in [0.4, 0.5) is 0 Å². The van der Waals surface area contributed by atoms with Crippen molar-refractivity contribution >= 4 is 5.78 Å². The standard InChI is InChI=1S/C20H19NO4/c1-23-13-4-2-12(3-5-13)10-21-16-6-7-17(22)20(21)15-9-19-18(8-14(15)16)24-11-25-19/h2-5,8-9,16,20H,6-7,10-11H2,1H3. The van der Waals surface area contributed by atoms with Gasteiger partial charge in [-0.25, -0.2) is 0 Å². The maximum absolute atomic E-state index is 12.7. The first-order chi connectivity index (χ1) is 12.2. The number of hydrogen-bond acceptors (Lipinski definition) is 5. The Hall–Kier alpha value is -2.53. The van der Waals surface area contributed by atoms with Crippen LogP contribution >= 0.6 is 0 Å². The molecule has 5 nitrogen and oxygen atoms in total. The molecule has 0 spiro atoms. The molecule has 5 rings (SSSR count). The molecule has 0 amide bonds. The van der Waals surface area contributed by atoms with Gasteiger partial charge < -0.3 is 14.2 Å². The highest BCUT2D eigenvalue weighted by molar-refractivity contribution is 5.88. The maximum Gasteiger partial charge on any atom is 0.231 e. The summed E-state index contributed by atoms with van der Waals surface area (Å²) < 4.78 is 16.3. The second kappa shape index (κ2) is 5.49. The highest BCUT2D eigenvalue weighted by atomic mass is 16.7. The first kappa shape index (κ1) is 14.8. The van der Waals surface area contributed by atoms with Crippen LogP contribution in [0, 0.1) is 0 Å². The van der Waals surface area contributed by atoms with Crippen molar-refractivity contribution in [1.29, 1.82) is 0 Å². The molecule has 3 aliphatic rings. The van der Waals surface area contributed by atoms with Crippen LogP contribution in [0.25, 0.3) is 0 Å². The van der Waals surface area contributed by atoms with E-state index in [1.165, 1.54) is 11.1 Å². The van der Waals surface area contributed by atoms with Gasteiger partial charge in [-0.2, -0.15) is 0 Å². The van der Waals surface area contributed by atoms with Crippen LogP contribution in [-0.4, -0.2) is 24.6 Å². The molecule has 1 fully saturated rings. The van der Waals surface area contributed by atoms with Gasteiger partial charge in [0.25, 0.3) is 0 Å². The number of hydrogen-bond donors (Lipinski definition) is 0. The monoisotopic (exact) mass is 337 g/mol. The molecule has 0 radical (unpaired) electrons. The fourth-order valence-electron chi connectivity index (χ4n) is 4.27. The first-order valence-electron chi connectivity index (χ1n) is 8.59. The van der Waals surface area contributed by atoms with Gasteiger partial charge in [0.1, 0.15) is 5.75 Å². The van der Waals surface area contributed by atoms with Crippen molar-refractivity contribution in [3.8, 4) is 17.2 Å².